The van der Waals surface area contributed by atoms with Gasteiger partial charge in [-0.1, -0.05) is 32.0 Å². The predicted molar refractivity (Wildman–Crippen MR) is 73.3 cm³/mol. The van der Waals surface area contributed by atoms with Gasteiger partial charge in [-0.3, -0.25) is 0 Å². The standard InChI is InChI=1S/C13H18N2O.ClH/c1-13(2,8-16)12(14)10-7-15-11-6-4-3-5-9(10)11;/h3-7,12,15-16H,8,14H2,1-2H3;1H/t12-;/m0./s1. The van der Waals surface area contributed by atoms with E-state index in [1.54, 1.807) is 0 Å². The highest BCUT2D eigenvalue weighted by atomic mass is 35.5. The summed E-state index contributed by atoms with van der Waals surface area (Å²) in [5.41, 5.74) is 8.05. The van der Waals surface area contributed by atoms with Crippen molar-refractivity contribution >= 4 is 23.3 Å². The number of aliphatic hydroxyl groups excluding tert-OH is 1. The number of nitrogens with two attached hydrogens (primary N) is 1. The maximum absolute atomic E-state index is 9.35. The molecule has 0 saturated heterocycles. The van der Waals surface area contributed by atoms with Gasteiger partial charge in [-0.15, -0.1) is 12.4 Å². The summed E-state index contributed by atoms with van der Waals surface area (Å²) in [5.74, 6) is 0. The van der Waals surface area contributed by atoms with E-state index in [9.17, 15) is 5.11 Å². The van der Waals surface area contributed by atoms with Crippen molar-refractivity contribution in [3.8, 4) is 0 Å². The Morgan fingerprint density at radius 2 is 2.00 bits per heavy atom. The third kappa shape index (κ3) is 2.46. The van der Waals surface area contributed by atoms with Gasteiger partial charge in [-0.25, -0.2) is 0 Å². The van der Waals surface area contributed by atoms with Crippen molar-refractivity contribution in [1.29, 1.82) is 0 Å². The molecule has 94 valence electrons. The second kappa shape index (κ2) is 5.08. The topological polar surface area (TPSA) is 62.0 Å². The molecule has 0 bridgehead atoms. The molecule has 17 heavy (non-hydrogen) atoms. The van der Waals surface area contributed by atoms with Crippen LogP contribution in [0.3, 0.4) is 0 Å². The highest BCUT2D eigenvalue weighted by Gasteiger charge is 2.28. The summed E-state index contributed by atoms with van der Waals surface area (Å²) >= 11 is 0. The number of H-pyrrole nitrogens is 1. The maximum Gasteiger partial charge on any atom is 0.0500 e. The third-order valence-corrected chi connectivity index (χ3v) is 3.21. The van der Waals surface area contributed by atoms with E-state index in [-0.39, 0.29) is 30.5 Å². The molecule has 0 aliphatic heterocycles. The average Bonchev–Trinajstić information content (AvgIpc) is 2.71. The number of para-hydroxylation sites is 1. The molecule has 4 heteroatoms. The van der Waals surface area contributed by atoms with E-state index in [2.05, 4.69) is 11.1 Å². The fraction of sp³-hybridized carbons (Fsp3) is 0.385. The van der Waals surface area contributed by atoms with Crippen molar-refractivity contribution in [3.63, 3.8) is 0 Å². The molecule has 0 saturated carbocycles. The molecule has 0 spiro atoms. The van der Waals surface area contributed by atoms with Gasteiger partial charge < -0.3 is 15.8 Å². The predicted octanol–water partition coefficient (Wildman–Crippen LogP) is 2.61. The first-order valence-electron chi connectivity index (χ1n) is 5.49. The maximum atomic E-state index is 9.35. The average molecular weight is 255 g/mol. The van der Waals surface area contributed by atoms with Gasteiger partial charge in [0, 0.05) is 35.2 Å². The van der Waals surface area contributed by atoms with Crippen molar-refractivity contribution in [3.05, 3.63) is 36.0 Å². The molecule has 0 unspecified atom stereocenters. The first-order chi connectivity index (χ1) is 7.56. The quantitative estimate of drug-likeness (QED) is 0.789. The number of nitrogens with one attached hydrogen (secondary N) is 1. The van der Waals surface area contributed by atoms with Crippen LogP contribution in [0.2, 0.25) is 0 Å². The van der Waals surface area contributed by atoms with E-state index in [1.165, 1.54) is 0 Å². The van der Waals surface area contributed by atoms with Gasteiger partial charge in [-0.05, 0) is 11.6 Å². The summed E-state index contributed by atoms with van der Waals surface area (Å²) in [6.45, 7) is 4.02. The first-order valence-corrected chi connectivity index (χ1v) is 5.49. The molecular weight excluding hydrogens is 236 g/mol. The summed E-state index contributed by atoms with van der Waals surface area (Å²) in [6.07, 6.45) is 1.94. The van der Waals surface area contributed by atoms with Crippen LogP contribution in [0.4, 0.5) is 0 Å². The monoisotopic (exact) mass is 254 g/mol. The molecule has 1 aromatic heterocycles. The number of halogens is 1. The Labute approximate surface area is 107 Å². The second-order valence-electron chi connectivity index (χ2n) is 4.91. The number of hydrogen-bond donors (Lipinski definition) is 3. The Kier molecular flexibility index (Phi) is 4.20. The van der Waals surface area contributed by atoms with Crippen LogP contribution >= 0.6 is 12.4 Å². The molecule has 0 radical (unpaired) electrons. The van der Waals surface area contributed by atoms with Gasteiger partial charge in [-0.2, -0.15) is 0 Å². The van der Waals surface area contributed by atoms with Crippen LogP contribution in [0.1, 0.15) is 25.5 Å². The summed E-state index contributed by atoms with van der Waals surface area (Å²) in [5, 5.41) is 10.5. The molecule has 0 amide bonds. The van der Waals surface area contributed by atoms with Crippen LogP contribution < -0.4 is 5.73 Å². The Morgan fingerprint density at radius 3 is 2.65 bits per heavy atom. The van der Waals surface area contributed by atoms with Gasteiger partial charge in [0.1, 0.15) is 0 Å². The number of aromatic nitrogens is 1. The highest BCUT2D eigenvalue weighted by molar-refractivity contribution is 5.85. The molecule has 0 aliphatic carbocycles. The van der Waals surface area contributed by atoms with Crippen molar-refractivity contribution in [1.82, 2.24) is 4.98 Å². The summed E-state index contributed by atoms with van der Waals surface area (Å²) in [7, 11) is 0. The number of benzene rings is 1. The van der Waals surface area contributed by atoms with E-state index < -0.39 is 0 Å². The van der Waals surface area contributed by atoms with Gasteiger partial charge in [0.2, 0.25) is 0 Å². The molecule has 4 N–H and O–H groups in total. The summed E-state index contributed by atoms with van der Waals surface area (Å²) < 4.78 is 0. The van der Waals surface area contributed by atoms with Crippen LogP contribution in [0.15, 0.2) is 30.5 Å². The normalized spacial score (nSPS) is 13.4. The lowest BCUT2D eigenvalue weighted by atomic mass is 9.82. The van der Waals surface area contributed by atoms with E-state index in [0.29, 0.717) is 0 Å². The molecule has 3 nitrogen and oxygen atoms in total. The zero-order valence-electron chi connectivity index (χ0n) is 10.1. The fourth-order valence-corrected chi connectivity index (χ4v) is 1.87. The van der Waals surface area contributed by atoms with Gasteiger partial charge in [0.05, 0.1) is 0 Å². The van der Waals surface area contributed by atoms with Gasteiger partial charge in [0.15, 0.2) is 0 Å². The molecular formula is C13H19ClN2O. The smallest absolute Gasteiger partial charge is 0.0500 e. The number of rotatable bonds is 3. The minimum Gasteiger partial charge on any atom is -0.396 e. The zero-order chi connectivity index (χ0) is 11.8. The molecule has 2 rings (SSSR count). The minimum atomic E-state index is -0.315. The molecule has 0 fully saturated rings. The minimum absolute atomic E-state index is 0. The number of hydrogen-bond acceptors (Lipinski definition) is 2. The number of fused-ring (bicyclic) bond motifs is 1. The largest absolute Gasteiger partial charge is 0.396 e. The van der Waals surface area contributed by atoms with E-state index >= 15 is 0 Å². The van der Waals surface area contributed by atoms with Crippen molar-refractivity contribution in [2.45, 2.75) is 19.9 Å². The summed E-state index contributed by atoms with van der Waals surface area (Å²) in [6, 6.07) is 7.89. The zero-order valence-corrected chi connectivity index (χ0v) is 10.9. The lowest BCUT2D eigenvalue weighted by Gasteiger charge is -2.29. The lowest BCUT2D eigenvalue weighted by molar-refractivity contribution is 0.133. The van der Waals surface area contributed by atoms with E-state index in [1.807, 2.05) is 38.2 Å². The van der Waals surface area contributed by atoms with Crippen LogP contribution in [-0.2, 0) is 0 Å². The van der Waals surface area contributed by atoms with E-state index in [0.717, 1.165) is 16.5 Å². The van der Waals surface area contributed by atoms with Gasteiger partial charge in [0.25, 0.3) is 0 Å². The number of aliphatic hydroxyl groups is 1. The molecule has 0 aliphatic rings. The van der Waals surface area contributed by atoms with E-state index in [4.69, 9.17) is 5.73 Å². The fourth-order valence-electron chi connectivity index (χ4n) is 1.87. The van der Waals surface area contributed by atoms with Crippen LogP contribution in [-0.4, -0.2) is 16.7 Å². The molecule has 1 atom stereocenters. The Bertz CT molecular complexity index is 493. The Morgan fingerprint density at radius 1 is 1.35 bits per heavy atom. The van der Waals surface area contributed by atoms with Crippen LogP contribution in [0, 0.1) is 5.41 Å². The van der Waals surface area contributed by atoms with Crippen molar-refractivity contribution in [2.75, 3.05) is 6.61 Å². The number of aromatic amines is 1. The highest BCUT2D eigenvalue weighted by Crippen LogP contribution is 2.34. The molecule has 1 heterocycles. The first kappa shape index (κ1) is 14.0. The van der Waals surface area contributed by atoms with Crippen molar-refractivity contribution in [2.24, 2.45) is 11.1 Å². The van der Waals surface area contributed by atoms with Gasteiger partial charge >= 0.3 is 0 Å². The second-order valence-corrected chi connectivity index (χ2v) is 4.91. The Balaban J connectivity index is 0.00000144. The molecule has 1 aromatic carbocycles. The molecule has 2 aromatic rings. The SMILES string of the molecule is CC(C)(CO)[C@@H](N)c1c[nH]c2ccccc12.Cl. The van der Waals surface area contributed by atoms with Crippen LogP contribution in [0.25, 0.3) is 10.9 Å². The van der Waals surface area contributed by atoms with Crippen LogP contribution in [0.5, 0.6) is 0 Å². The lowest BCUT2D eigenvalue weighted by Crippen LogP contribution is -2.32. The third-order valence-electron chi connectivity index (χ3n) is 3.21. The van der Waals surface area contributed by atoms with Crippen molar-refractivity contribution < 1.29 is 5.11 Å². The Hall–Kier alpha value is -1.03. The summed E-state index contributed by atoms with van der Waals surface area (Å²) in [4.78, 5) is 3.20.